The Morgan fingerprint density at radius 3 is 2.65 bits per heavy atom. The first-order valence-corrected chi connectivity index (χ1v) is 8.91. The van der Waals surface area contributed by atoms with Gasteiger partial charge in [0.05, 0.1) is 17.9 Å². The molecule has 2 aromatic heterocycles. The molecule has 0 atom stereocenters. The molecule has 0 unspecified atom stereocenters. The number of carbonyl (C=O) groups excluding carboxylic acids is 1. The third-order valence-electron chi connectivity index (χ3n) is 5.10. The zero-order valence-electron chi connectivity index (χ0n) is 14.5. The van der Waals surface area contributed by atoms with Crippen LogP contribution in [0.25, 0.3) is 5.69 Å². The SMILES string of the molecule is Cc1nnc2n1CCN(C(=O)c1nnn(-c3ccccc3)c1C1CC1)C2. The van der Waals surface area contributed by atoms with E-state index < -0.39 is 0 Å². The molecule has 0 N–H and O–H groups in total. The van der Waals surface area contributed by atoms with Crippen LogP contribution in [0.1, 0.15) is 46.6 Å². The fraction of sp³-hybridized carbons (Fsp3) is 0.389. The topological polar surface area (TPSA) is 81.7 Å². The minimum atomic E-state index is -0.0685. The van der Waals surface area contributed by atoms with Crippen molar-refractivity contribution in [2.24, 2.45) is 0 Å². The van der Waals surface area contributed by atoms with Crippen LogP contribution in [0.5, 0.6) is 0 Å². The number of hydrogen-bond donors (Lipinski definition) is 0. The summed E-state index contributed by atoms with van der Waals surface area (Å²) in [6.45, 7) is 3.74. The van der Waals surface area contributed by atoms with Crippen molar-refractivity contribution in [2.75, 3.05) is 6.54 Å². The second-order valence-electron chi connectivity index (χ2n) is 6.89. The van der Waals surface area contributed by atoms with Crippen LogP contribution in [0, 0.1) is 6.92 Å². The van der Waals surface area contributed by atoms with E-state index in [4.69, 9.17) is 0 Å². The summed E-state index contributed by atoms with van der Waals surface area (Å²) in [5.41, 5.74) is 2.35. The number of rotatable bonds is 3. The van der Waals surface area contributed by atoms with E-state index in [1.807, 2.05) is 41.9 Å². The van der Waals surface area contributed by atoms with Crippen LogP contribution in [-0.4, -0.2) is 47.1 Å². The average Bonchev–Trinajstić information content (AvgIpc) is 3.32. The van der Waals surface area contributed by atoms with Crippen LogP contribution < -0.4 is 0 Å². The van der Waals surface area contributed by atoms with E-state index in [0.717, 1.165) is 35.9 Å². The van der Waals surface area contributed by atoms with Gasteiger partial charge in [-0.1, -0.05) is 23.4 Å². The number of hydrogen-bond acceptors (Lipinski definition) is 5. The van der Waals surface area contributed by atoms with Gasteiger partial charge in [-0.15, -0.1) is 15.3 Å². The summed E-state index contributed by atoms with van der Waals surface area (Å²) in [5, 5.41) is 16.9. The van der Waals surface area contributed by atoms with Gasteiger partial charge in [0.2, 0.25) is 0 Å². The van der Waals surface area contributed by atoms with Crippen LogP contribution in [0.2, 0.25) is 0 Å². The van der Waals surface area contributed by atoms with E-state index in [1.54, 1.807) is 4.90 Å². The van der Waals surface area contributed by atoms with Crippen molar-refractivity contribution in [2.45, 2.75) is 38.8 Å². The molecule has 0 bridgehead atoms. The van der Waals surface area contributed by atoms with Crippen molar-refractivity contribution >= 4 is 5.91 Å². The largest absolute Gasteiger partial charge is 0.328 e. The Bertz CT molecular complexity index is 971. The molecule has 132 valence electrons. The monoisotopic (exact) mass is 349 g/mol. The van der Waals surface area contributed by atoms with E-state index in [0.29, 0.717) is 31.2 Å². The number of amides is 1. The van der Waals surface area contributed by atoms with Crippen LogP contribution in [0.15, 0.2) is 30.3 Å². The molecule has 0 spiro atoms. The first-order valence-electron chi connectivity index (χ1n) is 8.91. The Kier molecular flexibility index (Phi) is 3.37. The second kappa shape index (κ2) is 5.76. The summed E-state index contributed by atoms with van der Waals surface area (Å²) < 4.78 is 3.88. The second-order valence-corrected chi connectivity index (χ2v) is 6.89. The molecule has 1 amide bonds. The molecular weight excluding hydrogens is 330 g/mol. The Hall–Kier alpha value is -3.03. The van der Waals surface area contributed by atoms with Crippen molar-refractivity contribution in [3.63, 3.8) is 0 Å². The number of nitrogens with zero attached hydrogens (tertiary/aromatic N) is 7. The quantitative estimate of drug-likeness (QED) is 0.719. The fourth-order valence-corrected chi connectivity index (χ4v) is 3.55. The smallest absolute Gasteiger partial charge is 0.276 e. The van der Waals surface area contributed by atoms with Gasteiger partial charge in [-0.25, -0.2) is 4.68 Å². The number of fused-ring (bicyclic) bond motifs is 1. The van der Waals surface area contributed by atoms with Crippen LogP contribution in [0.3, 0.4) is 0 Å². The summed E-state index contributed by atoms with van der Waals surface area (Å²) >= 11 is 0. The summed E-state index contributed by atoms with van der Waals surface area (Å²) in [4.78, 5) is 15.0. The maximum Gasteiger partial charge on any atom is 0.276 e. The molecule has 1 aliphatic heterocycles. The maximum absolute atomic E-state index is 13.2. The van der Waals surface area contributed by atoms with Crippen molar-refractivity contribution in [1.29, 1.82) is 0 Å². The summed E-state index contributed by atoms with van der Waals surface area (Å²) in [5.74, 6) is 2.01. The number of aromatic nitrogens is 6. The van der Waals surface area contributed by atoms with Gasteiger partial charge in [0.15, 0.2) is 11.5 Å². The van der Waals surface area contributed by atoms with Crippen LogP contribution >= 0.6 is 0 Å². The zero-order valence-corrected chi connectivity index (χ0v) is 14.5. The first kappa shape index (κ1) is 15.2. The van der Waals surface area contributed by atoms with Gasteiger partial charge < -0.3 is 9.47 Å². The lowest BCUT2D eigenvalue weighted by Gasteiger charge is -2.27. The van der Waals surface area contributed by atoms with Gasteiger partial charge in [0.1, 0.15) is 5.82 Å². The Morgan fingerprint density at radius 2 is 1.88 bits per heavy atom. The number of carbonyl (C=O) groups is 1. The highest BCUT2D eigenvalue weighted by Crippen LogP contribution is 2.42. The molecule has 0 radical (unpaired) electrons. The third kappa shape index (κ3) is 2.40. The minimum absolute atomic E-state index is 0.0685. The molecule has 3 heterocycles. The first-order chi connectivity index (χ1) is 12.7. The number of para-hydroxylation sites is 1. The van der Waals surface area contributed by atoms with Crippen molar-refractivity contribution in [1.82, 2.24) is 34.7 Å². The summed E-state index contributed by atoms with van der Waals surface area (Å²) in [6, 6.07) is 9.88. The highest BCUT2D eigenvalue weighted by molar-refractivity contribution is 5.93. The predicted octanol–water partition coefficient (Wildman–Crippen LogP) is 1.70. The standard InChI is InChI=1S/C18H19N7O/c1-12-19-20-15-11-23(9-10-24(12)15)18(26)16-17(13-7-8-13)25(22-21-16)14-5-3-2-4-6-14/h2-6,13H,7-11H2,1H3. The Morgan fingerprint density at radius 1 is 1.08 bits per heavy atom. The molecule has 1 aliphatic carbocycles. The molecule has 5 rings (SSSR count). The molecule has 8 heteroatoms. The summed E-state index contributed by atoms with van der Waals surface area (Å²) in [6.07, 6.45) is 2.15. The highest BCUT2D eigenvalue weighted by atomic mass is 16.2. The van der Waals surface area contributed by atoms with Crippen molar-refractivity contribution < 1.29 is 4.79 Å². The average molecular weight is 349 g/mol. The minimum Gasteiger partial charge on any atom is -0.328 e. The number of aryl methyl sites for hydroxylation is 1. The van der Waals surface area contributed by atoms with E-state index in [2.05, 4.69) is 25.1 Å². The van der Waals surface area contributed by atoms with Gasteiger partial charge in [-0.05, 0) is 31.9 Å². The van der Waals surface area contributed by atoms with Gasteiger partial charge in [0, 0.05) is 19.0 Å². The van der Waals surface area contributed by atoms with Crippen molar-refractivity contribution in [3.05, 3.63) is 53.4 Å². The normalized spacial score (nSPS) is 16.6. The molecule has 1 fully saturated rings. The third-order valence-corrected chi connectivity index (χ3v) is 5.10. The van der Waals surface area contributed by atoms with Crippen LogP contribution in [-0.2, 0) is 13.1 Å². The van der Waals surface area contributed by atoms with Gasteiger partial charge >= 0.3 is 0 Å². The molecule has 1 aromatic carbocycles. The van der Waals surface area contributed by atoms with E-state index in [9.17, 15) is 4.79 Å². The van der Waals surface area contributed by atoms with Crippen LogP contribution in [0.4, 0.5) is 0 Å². The number of benzene rings is 1. The lowest BCUT2D eigenvalue weighted by molar-refractivity contribution is 0.0699. The molecular formula is C18H19N7O. The molecule has 8 nitrogen and oxygen atoms in total. The zero-order chi connectivity index (χ0) is 17.7. The lowest BCUT2D eigenvalue weighted by atomic mass is 10.2. The summed E-state index contributed by atoms with van der Waals surface area (Å²) in [7, 11) is 0. The molecule has 2 aliphatic rings. The van der Waals surface area contributed by atoms with Gasteiger partial charge in [-0.3, -0.25) is 4.79 Å². The molecule has 0 saturated heterocycles. The molecule has 26 heavy (non-hydrogen) atoms. The predicted molar refractivity (Wildman–Crippen MR) is 92.8 cm³/mol. The van der Waals surface area contributed by atoms with Gasteiger partial charge in [-0.2, -0.15) is 0 Å². The Balaban J connectivity index is 1.49. The van der Waals surface area contributed by atoms with Crippen molar-refractivity contribution in [3.8, 4) is 5.69 Å². The maximum atomic E-state index is 13.2. The molecule has 1 saturated carbocycles. The van der Waals surface area contributed by atoms with E-state index in [-0.39, 0.29) is 5.91 Å². The Labute approximate surface area is 150 Å². The highest BCUT2D eigenvalue weighted by Gasteiger charge is 2.36. The van der Waals surface area contributed by atoms with E-state index >= 15 is 0 Å². The van der Waals surface area contributed by atoms with E-state index in [1.165, 1.54) is 0 Å². The lowest BCUT2D eigenvalue weighted by Crippen LogP contribution is -2.39. The fourth-order valence-electron chi connectivity index (χ4n) is 3.55. The van der Waals surface area contributed by atoms with Gasteiger partial charge in [0.25, 0.3) is 5.91 Å². The molecule has 3 aromatic rings.